The highest BCUT2D eigenvalue weighted by molar-refractivity contribution is 5.82. The molecule has 0 atom stereocenters. The topological polar surface area (TPSA) is 45.3 Å². The van der Waals surface area contributed by atoms with E-state index in [0.717, 1.165) is 42.9 Å². The number of rotatable bonds is 1. The van der Waals surface area contributed by atoms with Crippen molar-refractivity contribution in [1.82, 2.24) is 4.98 Å². The molecule has 4 nitrogen and oxygen atoms in total. The lowest BCUT2D eigenvalue weighted by Gasteiger charge is -2.56. The van der Waals surface area contributed by atoms with Crippen molar-refractivity contribution in [1.29, 1.82) is 0 Å². The van der Waals surface area contributed by atoms with Gasteiger partial charge in [0.15, 0.2) is 5.43 Å². The van der Waals surface area contributed by atoms with Gasteiger partial charge >= 0.3 is 0 Å². The third-order valence-electron chi connectivity index (χ3n) is 3.98. The van der Waals surface area contributed by atoms with Crippen molar-refractivity contribution in [2.24, 2.45) is 5.41 Å². The van der Waals surface area contributed by atoms with Crippen LogP contribution in [0, 0.1) is 5.41 Å². The van der Waals surface area contributed by atoms with Crippen molar-refractivity contribution in [3.8, 4) is 0 Å². The number of hydrogen-bond acceptors (Lipinski definition) is 3. The third-order valence-corrected chi connectivity index (χ3v) is 3.98. The minimum Gasteiger partial charge on any atom is -0.380 e. The Morgan fingerprint density at radius 3 is 2.78 bits per heavy atom. The Balaban J connectivity index is 1.70. The van der Waals surface area contributed by atoms with Gasteiger partial charge in [-0.25, -0.2) is 0 Å². The lowest BCUT2D eigenvalue weighted by Crippen LogP contribution is -2.66. The summed E-state index contributed by atoms with van der Waals surface area (Å²) in [6.07, 6.45) is 1.69. The summed E-state index contributed by atoms with van der Waals surface area (Å²) in [7, 11) is 0. The molecule has 0 amide bonds. The molecule has 2 aromatic rings. The molecule has 2 aliphatic rings. The molecule has 1 aromatic carbocycles. The van der Waals surface area contributed by atoms with Crippen LogP contribution in [0.4, 0.5) is 5.69 Å². The fourth-order valence-electron chi connectivity index (χ4n) is 2.87. The summed E-state index contributed by atoms with van der Waals surface area (Å²) in [5.74, 6) is 0. The molecule has 1 aromatic heterocycles. The summed E-state index contributed by atoms with van der Waals surface area (Å²) in [6, 6.07) is 7.61. The number of fused-ring (bicyclic) bond motifs is 1. The third kappa shape index (κ3) is 1.32. The summed E-state index contributed by atoms with van der Waals surface area (Å²) < 4.78 is 5.27. The molecule has 2 saturated heterocycles. The van der Waals surface area contributed by atoms with Gasteiger partial charge in [0, 0.05) is 41.9 Å². The second kappa shape index (κ2) is 3.36. The number of pyridine rings is 1. The lowest BCUT2D eigenvalue weighted by molar-refractivity contribution is -0.127. The van der Waals surface area contributed by atoms with Crippen LogP contribution < -0.4 is 10.3 Å². The summed E-state index contributed by atoms with van der Waals surface area (Å²) in [5.41, 5.74) is 2.51. The van der Waals surface area contributed by atoms with Gasteiger partial charge in [0.05, 0.1) is 18.6 Å². The van der Waals surface area contributed by atoms with Gasteiger partial charge < -0.3 is 14.6 Å². The van der Waals surface area contributed by atoms with E-state index in [1.54, 1.807) is 12.3 Å². The summed E-state index contributed by atoms with van der Waals surface area (Å²) in [6.45, 7) is 3.86. The summed E-state index contributed by atoms with van der Waals surface area (Å²) in [5, 5.41) is 0.765. The second-order valence-electron chi connectivity index (χ2n) is 5.42. The van der Waals surface area contributed by atoms with E-state index in [0.29, 0.717) is 5.41 Å². The van der Waals surface area contributed by atoms with Crippen molar-refractivity contribution in [2.75, 3.05) is 31.2 Å². The molecule has 0 bridgehead atoms. The fourth-order valence-corrected chi connectivity index (χ4v) is 2.87. The van der Waals surface area contributed by atoms with E-state index in [9.17, 15) is 4.79 Å². The summed E-state index contributed by atoms with van der Waals surface area (Å²) in [4.78, 5) is 17.2. The van der Waals surface area contributed by atoms with E-state index in [4.69, 9.17) is 4.74 Å². The van der Waals surface area contributed by atoms with Gasteiger partial charge in [-0.2, -0.15) is 0 Å². The quantitative estimate of drug-likeness (QED) is 0.821. The van der Waals surface area contributed by atoms with Crippen LogP contribution in [0.5, 0.6) is 0 Å². The van der Waals surface area contributed by atoms with E-state index in [-0.39, 0.29) is 5.43 Å². The zero-order valence-corrected chi connectivity index (χ0v) is 9.98. The molecule has 4 heteroatoms. The Morgan fingerprint density at radius 1 is 1.22 bits per heavy atom. The van der Waals surface area contributed by atoms with Gasteiger partial charge in [-0.3, -0.25) is 4.79 Å². The Morgan fingerprint density at radius 2 is 2.06 bits per heavy atom. The number of ether oxygens (including phenoxy) is 1. The van der Waals surface area contributed by atoms with E-state index in [2.05, 4.69) is 16.0 Å². The van der Waals surface area contributed by atoms with Crippen LogP contribution in [-0.2, 0) is 4.74 Å². The smallest absolute Gasteiger partial charge is 0.189 e. The van der Waals surface area contributed by atoms with Crippen LogP contribution in [0.3, 0.4) is 0 Å². The number of anilines is 1. The molecule has 18 heavy (non-hydrogen) atoms. The SMILES string of the molecule is O=c1cc[nH]c2ccc(N3CC4(COC4)C3)cc12. The fraction of sp³-hybridized carbons (Fsp3) is 0.357. The zero-order valence-electron chi connectivity index (χ0n) is 9.98. The van der Waals surface area contributed by atoms with Crippen LogP contribution >= 0.6 is 0 Å². The first-order chi connectivity index (χ1) is 8.76. The minimum atomic E-state index is 0.0767. The number of aromatic amines is 1. The van der Waals surface area contributed by atoms with E-state index in [1.807, 2.05) is 12.1 Å². The molecule has 0 unspecified atom stereocenters. The van der Waals surface area contributed by atoms with Gasteiger partial charge in [-0.1, -0.05) is 0 Å². The maximum absolute atomic E-state index is 11.8. The molecule has 2 fully saturated rings. The molecule has 1 spiro atoms. The number of aromatic nitrogens is 1. The molecule has 2 aliphatic heterocycles. The van der Waals surface area contributed by atoms with Gasteiger partial charge in [0.1, 0.15) is 0 Å². The van der Waals surface area contributed by atoms with E-state index in [1.165, 1.54) is 0 Å². The van der Waals surface area contributed by atoms with Gasteiger partial charge in [0.2, 0.25) is 0 Å². The van der Waals surface area contributed by atoms with Crippen molar-refractivity contribution >= 4 is 16.6 Å². The largest absolute Gasteiger partial charge is 0.380 e. The molecule has 0 saturated carbocycles. The highest BCUT2D eigenvalue weighted by Crippen LogP contribution is 2.40. The first-order valence-corrected chi connectivity index (χ1v) is 6.20. The average Bonchev–Trinajstić information content (AvgIpc) is 2.26. The van der Waals surface area contributed by atoms with Crippen LogP contribution in [0.2, 0.25) is 0 Å². The number of H-pyrrole nitrogens is 1. The molecule has 0 aliphatic carbocycles. The predicted molar refractivity (Wildman–Crippen MR) is 70.0 cm³/mol. The molecule has 4 rings (SSSR count). The van der Waals surface area contributed by atoms with E-state index >= 15 is 0 Å². The first-order valence-electron chi connectivity index (χ1n) is 6.20. The van der Waals surface area contributed by atoms with Crippen molar-refractivity contribution in [3.63, 3.8) is 0 Å². The Hall–Kier alpha value is -1.81. The standard InChI is InChI=1S/C14H14N2O2/c17-13-3-4-15-12-2-1-10(5-11(12)13)16-6-14(7-16)8-18-9-14/h1-5H,6-9H2,(H,15,17). The second-order valence-corrected chi connectivity index (χ2v) is 5.42. The van der Waals surface area contributed by atoms with Crippen LogP contribution in [0.1, 0.15) is 0 Å². The molecule has 1 N–H and O–H groups in total. The van der Waals surface area contributed by atoms with Crippen molar-refractivity contribution in [3.05, 3.63) is 40.7 Å². The number of benzene rings is 1. The number of nitrogens with one attached hydrogen (secondary N) is 1. The molecule has 92 valence electrons. The Labute approximate surface area is 104 Å². The molecular formula is C14H14N2O2. The molecular weight excluding hydrogens is 228 g/mol. The number of nitrogens with zero attached hydrogens (tertiary/aromatic N) is 1. The first kappa shape index (κ1) is 10.1. The van der Waals surface area contributed by atoms with Crippen LogP contribution in [0.15, 0.2) is 35.3 Å². The predicted octanol–water partition coefficient (Wildman–Crippen LogP) is 1.36. The van der Waals surface area contributed by atoms with E-state index < -0.39 is 0 Å². The highest BCUT2D eigenvalue weighted by atomic mass is 16.5. The maximum Gasteiger partial charge on any atom is 0.189 e. The number of hydrogen-bond donors (Lipinski definition) is 1. The van der Waals surface area contributed by atoms with Gasteiger partial charge in [-0.05, 0) is 18.2 Å². The lowest BCUT2D eigenvalue weighted by atomic mass is 9.78. The van der Waals surface area contributed by atoms with Crippen molar-refractivity contribution in [2.45, 2.75) is 0 Å². The van der Waals surface area contributed by atoms with Gasteiger partial charge in [0.25, 0.3) is 0 Å². The Kier molecular flexibility index (Phi) is 1.89. The normalized spacial score (nSPS) is 20.8. The average molecular weight is 242 g/mol. The summed E-state index contributed by atoms with van der Waals surface area (Å²) >= 11 is 0. The Bertz CT molecular complexity index is 665. The highest BCUT2D eigenvalue weighted by Gasteiger charge is 2.48. The molecule has 0 radical (unpaired) electrons. The van der Waals surface area contributed by atoms with Crippen LogP contribution in [-0.4, -0.2) is 31.3 Å². The van der Waals surface area contributed by atoms with Crippen molar-refractivity contribution < 1.29 is 4.74 Å². The maximum atomic E-state index is 11.8. The van der Waals surface area contributed by atoms with Crippen LogP contribution in [0.25, 0.3) is 10.9 Å². The molecule has 3 heterocycles. The minimum absolute atomic E-state index is 0.0767. The van der Waals surface area contributed by atoms with Gasteiger partial charge in [-0.15, -0.1) is 0 Å². The monoisotopic (exact) mass is 242 g/mol. The zero-order chi connectivity index (χ0) is 12.2.